The van der Waals surface area contributed by atoms with E-state index in [4.69, 9.17) is 27.5 Å². The number of phenols is 1. The molecule has 27 heavy (non-hydrogen) atoms. The van der Waals surface area contributed by atoms with E-state index in [0.29, 0.717) is 17.0 Å². The molecule has 0 spiro atoms. The van der Waals surface area contributed by atoms with Gasteiger partial charge < -0.3 is 19.9 Å². The first-order chi connectivity index (χ1) is 13.0. The average Bonchev–Trinajstić information content (AvgIpc) is 2.66. The van der Waals surface area contributed by atoms with E-state index in [2.05, 4.69) is 11.2 Å². The summed E-state index contributed by atoms with van der Waals surface area (Å²) >= 11 is 6.19. The molecule has 0 saturated carbocycles. The number of ether oxygens (including phenoxy) is 2. The molecule has 6 nitrogen and oxygen atoms in total. The molecular weight excluding hydrogens is 368 g/mol. The van der Waals surface area contributed by atoms with Crippen molar-refractivity contribution >= 4 is 29.3 Å². The highest BCUT2D eigenvalue weighted by molar-refractivity contribution is 6.32. The SMILES string of the molecule is C#CCOc1c(Cl)cc(/C=C(\C#N)C(=O)Nc2ccc(O)cc2)cc1OC. The number of nitrogens with one attached hydrogen (secondary N) is 1. The third kappa shape index (κ3) is 5.18. The number of amides is 1. The minimum absolute atomic E-state index is 0.0176. The van der Waals surface area contributed by atoms with Gasteiger partial charge in [0.1, 0.15) is 24.0 Å². The van der Waals surface area contributed by atoms with Crippen molar-refractivity contribution in [3.63, 3.8) is 0 Å². The summed E-state index contributed by atoms with van der Waals surface area (Å²) in [6.07, 6.45) is 6.54. The van der Waals surface area contributed by atoms with Crippen LogP contribution in [0, 0.1) is 23.7 Å². The summed E-state index contributed by atoms with van der Waals surface area (Å²) in [5, 5.41) is 21.4. The van der Waals surface area contributed by atoms with Crippen LogP contribution >= 0.6 is 11.6 Å². The zero-order chi connectivity index (χ0) is 19.8. The van der Waals surface area contributed by atoms with E-state index >= 15 is 0 Å². The van der Waals surface area contributed by atoms with Crippen molar-refractivity contribution in [3.8, 4) is 35.7 Å². The Morgan fingerprint density at radius 1 is 1.37 bits per heavy atom. The minimum Gasteiger partial charge on any atom is -0.508 e. The van der Waals surface area contributed by atoms with E-state index in [1.165, 1.54) is 43.5 Å². The van der Waals surface area contributed by atoms with Gasteiger partial charge >= 0.3 is 0 Å². The van der Waals surface area contributed by atoms with Crippen LogP contribution < -0.4 is 14.8 Å². The maximum absolute atomic E-state index is 12.3. The quantitative estimate of drug-likeness (QED) is 0.344. The van der Waals surface area contributed by atoms with Crippen LogP contribution in [-0.4, -0.2) is 24.7 Å². The summed E-state index contributed by atoms with van der Waals surface area (Å²) in [5.41, 5.74) is 0.772. The molecule has 0 aliphatic carbocycles. The number of methoxy groups -OCH3 is 1. The lowest BCUT2D eigenvalue weighted by molar-refractivity contribution is -0.112. The molecule has 0 aliphatic heterocycles. The summed E-state index contributed by atoms with van der Waals surface area (Å²) in [6.45, 7) is 0.0176. The maximum atomic E-state index is 12.3. The van der Waals surface area contributed by atoms with E-state index in [1.807, 2.05) is 6.07 Å². The number of aromatic hydroxyl groups is 1. The summed E-state index contributed by atoms with van der Waals surface area (Å²) in [6, 6.07) is 10.8. The van der Waals surface area contributed by atoms with Gasteiger partial charge in [-0.1, -0.05) is 17.5 Å². The Hall–Kier alpha value is -3.61. The molecule has 0 unspecified atom stereocenters. The lowest BCUT2D eigenvalue weighted by Gasteiger charge is -2.12. The predicted octanol–water partition coefficient (Wildman–Crippen LogP) is 3.61. The highest BCUT2D eigenvalue weighted by Gasteiger charge is 2.14. The third-order valence-corrected chi connectivity index (χ3v) is 3.63. The summed E-state index contributed by atoms with van der Waals surface area (Å²) in [5.74, 6) is 2.39. The normalized spacial score (nSPS) is 10.4. The van der Waals surface area contributed by atoms with Crippen molar-refractivity contribution < 1.29 is 19.4 Å². The Morgan fingerprint density at radius 2 is 2.07 bits per heavy atom. The second-order valence-electron chi connectivity index (χ2n) is 5.20. The van der Waals surface area contributed by atoms with Crippen LogP contribution in [0.1, 0.15) is 5.56 Å². The molecule has 0 bridgehead atoms. The second-order valence-corrected chi connectivity index (χ2v) is 5.60. The zero-order valence-electron chi connectivity index (χ0n) is 14.3. The lowest BCUT2D eigenvalue weighted by atomic mass is 10.1. The first kappa shape index (κ1) is 19.7. The van der Waals surface area contributed by atoms with E-state index in [-0.39, 0.29) is 28.7 Å². The van der Waals surface area contributed by atoms with Gasteiger partial charge in [-0.3, -0.25) is 4.79 Å². The first-order valence-electron chi connectivity index (χ1n) is 7.64. The van der Waals surface area contributed by atoms with Gasteiger partial charge in [-0.25, -0.2) is 0 Å². The standard InChI is InChI=1S/C20H15ClN2O4/c1-3-8-27-19-17(21)10-13(11-18(19)26-2)9-14(12-22)20(25)23-15-4-6-16(24)7-5-15/h1,4-7,9-11,24H,8H2,2H3,(H,23,25)/b14-9+. The Morgan fingerprint density at radius 3 is 2.67 bits per heavy atom. The number of rotatable bonds is 6. The summed E-state index contributed by atoms with van der Waals surface area (Å²) in [7, 11) is 1.44. The van der Waals surface area contributed by atoms with Gasteiger partial charge in [-0.15, -0.1) is 6.42 Å². The number of terminal acetylenes is 1. The molecule has 2 rings (SSSR count). The van der Waals surface area contributed by atoms with Crippen molar-refractivity contribution in [1.29, 1.82) is 5.26 Å². The molecular formula is C20H15ClN2O4. The van der Waals surface area contributed by atoms with E-state index in [1.54, 1.807) is 6.07 Å². The van der Waals surface area contributed by atoms with Gasteiger partial charge in [0.25, 0.3) is 5.91 Å². The molecule has 2 N–H and O–H groups in total. The van der Waals surface area contributed by atoms with Crippen molar-refractivity contribution in [1.82, 2.24) is 0 Å². The Balaban J connectivity index is 2.29. The van der Waals surface area contributed by atoms with Gasteiger partial charge in [0.15, 0.2) is 11.5 Å². The monoisotopic (exact) mass is 382 g/mol. The number of phenolic OH excluding ortho intramolecular Hbond substituents is 1. The highest BCUT2D eigenvalue weighted by Crippen LogP contribution is 2.37. The van der Waals surface area contributed by atoms with Gasteiger partial charge in [0.05, 0.1) is 12.1 Å². The van der Waals surface area contributed by atoms with Crippen LogP contribution in [0.15, 0.2) is 42.0 Å². The predicted molar refractivity (Wildman–Crippen MR) is 103 cm³/mol. The lowest BCUT2D eigenvalue weighted by Crippen LogP contribution is -2.13. The van der Waals surface area contributed by atoms with Crippen molar-refractivity contribution in [2.45, 2.75) is 0 Å². The fourth-order valence-electron chi connectivity index (χ4n) is 2.14. The third-order valence-electron chi connectivity index (χ3n) is 3.35. The molecule has 2 aromatic rings. The second kappa shape index (κ2) is 9.19. The molecule has 0 heterocycles. The molecule has 0 fully saturated rings. The zero-order valence-corrected chi connectivity index (χ0v) is 15.1. The fourth-order valence-corrected chi connectivity index (χ4v) is 2.41. The number of carbonyl (C=O) groups is 1. The molecule has 7 heteroatoms. The molecule has 0 atom stereocenters. The molecule has 0 aliphatic rings. The number of benzene rings is 2. The van der Waals surface area contributed by atoms with Crippen LogP contribution in [0.2, 0.25) is 5.02 Å². The topological polar surface area (TPSA) is 91.6 Å². The van der Waals surface area contributed by atoms with Crippen LogP contribution in [0.5, 0.6) is 17.2 Å². The minimum atomic E-state index is -0.606. The van der Waals surface area contributed by atoms with Crippen LogP contribution in [0.3, 0.4) is 0 Å². The Bertz CT molecular complexity index is 954. The van der Waals surface area contributed by atoms with Crippen molar-refractivity contribution in [2.24, 2.45) is 0 Å². The average molecular weight is 383 g/mol. The van der Waals surface area contributed by atoms with Gasteiger partial charge in [0, 0.05) is 5.69 Å². The molecule has 136 valence electrons. The number of carbonyl (C=O) groups excluding carboxylic acids is 1. The summed E-state index contributed by atoms with van der Waals surface area (Å²) < 4.78 is 10.6. The largest absolute Gasteiger partial charge is 0.508 e. The van der Waals surface area contributed by atoms with Crippen LogP contribution in [0.25, 0.3) is 6.08 Å². The number of nitriles is 1. The van der Waals surface area contributed by atoms with E-state index in [0.717, 1.165) is 0 Å². The van der Waals surface area contributed by atoms with E-state index < -0.39 is 5.91 Å². The molecule has 0 radical (unpaired) electrons. The fraction of sp³-hybridized carbons (Fsp3) is 0.100. The van der Waals surface area contributed by atoms with Crippen molar-refractivity contribution in [3.05, 3.63) is 52.6 Å². The molecule has 2 aromatic carbocycles. The van der Waals surface area contributed by atoms with E-state index in [9.17, 15) is 15.2 Å². The smallest absolute Gasteiger partial charge is 0.266 e. The van der Waals surface area contributed by atoms with Crippen LogP contribution in [0.4, 0.5) is 5.69 Å². The van der Waals surface area contributed by atoms with Crippen molar-refractivity contribution in [2.75, 3.05) is 19.0 Å². The molecule has 1 amide bonds. The van der Waals surface area contributed by atoms with Crippen LogP contribution in [-0.2, 0) is 4.79 Å². The first-order valence-corrected chi connectivity index (χ1v) is 8.02. The number of hydrogen-bond donors (Lipinski definition) is 2. The summed E-state index contributed by atoms with van der Waals surface area (Å²) in [4.78, 5) is 12.3. The Labute approximate surface area is 161 Å². The number of anilines is 1. The number of halogens is 1. The van der Waals surface area contributed by atoms with Gasteiger partial charge in [-0.2, -0.15) is 5.26 Å². The van der Waals surface area contributed by atoms with Gasteiger partial charge in [-0.05, 0) is 48.0 Å². The maximum Gasteiger partial charge on any atom is 0.266 e. The highest BCUT2D eigenvalue weighted by atomic mass is 35.5. The molecule has 0 saturated heterocycles. The number of nitrogens with zero attached hydrogens (tertiary/aromatic N) is 1. The number of hydrogen-bond acceptors (Lipinski definition) is 5. The van der Waals surface area contributed by atoms with Gasteiger partial charge in [0.2, 0.25) is 0 Å². The Kier molecular flexibility index (Phi) is 6.71. The molecule has 0 aromatic heterocycles.